The van der Waals surface area contributed by atoms with E-state index in [0.29, 0.717) is 30.7 Å². The van der Waals surface area contributed by atoms with Crippen molar-refractivity contribution in [3.63, 3.8) is 0 Å². The fourth-order valence-electron chi connectivity index (χ4n) is 4.34. The minimum absolute atomic E-state index is 0.0820. The van der Waals surface area contributed by atoms with Crippen LogP contribution in [0.4, 0.5) is 5.69 Å². The molecule has 8 heteroatoms. The van der Waals surface area contributed by atoms with E-state index in [0.717, 1.165) is 11.1 Å². The largest absolute Gasteiger partial charge is 0.491 e. The number of ether oxygens (including phenoxy) is 2. The van der Waals surface area contributed by atoms with Crippen LogP contribution in [0.1, 0.15) is 23.1 Å². The van der Waals surface area contributed by atoms with Crippen molar-refractivity contribution in [3.05, 3.63) is 136 Å². The van der Waals surface area contributed by atoms with Crippen LogP contribution in [-0.2, 0) is 19.6 Å². The molecule has 208 valence electrons. The number of hydrogen-bond donors (Lipinski definition) is 2. The molecule has 0 aliphatic rings. The van der Waals surface area contributed by atoms with Gasteiger partial charge in [0.2, 0.25) is 0 Å². The molecule has 2 atom stereocenters. The predicted octanol–water partition coefficient (Wildman–Crippen LogP) is 5.37. The van der Waals surface area contributed by atoms with E-state index in [1.54, 1.807) is 17.0 Å². The number of rotatable bonds is 15. The Labute approximate surface area is 234 Å². The maximum atomic E-state index is 11.7. The second kappa shape index (κ2) is 14.8. The Morgan fingerprint density at radius 2 is 1.40 bits per heavy atom. The third-order valence-corrected chi connectivity index (χ3v) is 6.43. The van der Waals surface area contributed by atoms with Crippen molar-refractivity contribution in [3.8, 4) is 11.5 Å². The Morgan fingerprint density at radius 3 is 2.05 bits per heavy atom. The molecular formula is C32H34N2O6. The number of aliphatic hydroxyl groups excluding tert-OH is 2. The number of aryl methyl sites for hydroxylation is 1. The van der Waals surface area contributed by atoms with E-state index >= 15 is 0 Å². The van der Waals surface area contributed by atoms with E-state index in [1.807, 2.05) is 91.0 Å². The van der Waals surface area contributed by atoms with Crippen molar-refractivity contribution in [2.24, 2.45) is 0 Å². The van der Waals surface area contributed by atoms with Crippen LogP contribution in [0.2, 0.25) is 0 Å². The SMILES string of the molecule is O=[N+]([O-])c1cc(CC[C@H](O)N(Cc2ccccc2)CC(O)COc2ccccc2)ccc1OCc1ccccc1. The van der Waals surface area contributed by atoms with Gasteiger partial charge in [0, 0.05) is 19.2 Å². The minimum atomic E-state index is -0.889. The molecule has 0 aromatic heterocycles. The summed E-state index contributed by atoms with van der Waals surface area (Å²) >= 11 is 0. The smallest absolute Gasteiger partial charge is 0.311 e. The quantitative estimate of drug-likeness (QED) is 0.118. The van der Waals surface area contributed by atoms with Crippen molar-refractivity contribution in [1.29, 1.82) is 0 Å². The molecule has 0 radical (unpaired) electrons. The van der Waals surface area contributed by atoms with Crippen molar-refractivity contribution in [2.45, 2.75) is 38.3 Å². The number of aliphatic hydroxyl groups is 2. The fraction of sp³-hybridized carbons (Fsp3) is 0.250. The molecule has 4 rings (SSSR count). The van der Waals surface area contributed by atoms with Crippen LogP contribution in [0.3, 0.4) is 0 Å². The summed E-state index contributed by atoms with van der Waals surface area (Å²) in [6, 6.07) is 33.3. The maximum Gasteiger partial charge on any atom is 0.311 e. The molecule has 0 amide bonds. The molecule has 0 aliphatic heterocycles. The lowest BCUT2D eigenvalue weighted by atomic mass is 10.1. The first kappa shape index (κ1) is 28.8. The number of nitro benzene ring substituents is 1. The monoisotopic (exact) mass is 542 g/mol. The van der Waals surface area contributed by atoms with E-state index in [2.05, 4.69) is 0 Å². The predicted molar refractivity (Wildman–Crippen MR) is 153 cm³/mol. The van der Waals surface area contributed by atoms with Gasteiger partial charge in [-0.15, -0.1) is 0 Å². The van der Waals surface area contributed by atoms with Gasteiger partial charge in [-0.05, 0) is 47.7 Å². The minimum Gasteiger partial charge on any atom is -0.491 e. The highest BCUT2D eigenvalue weighted by Crippen LogP contribution is 2.29. The zero-order chi connectivity index (χ0) is 28.2. The molecule has 40 heavy (non-hydrogen) atoms. The van der Waals surface area contributed by atoms with Gasteiger partial charge in [0.25, 0.3) is 0 Å². The van der Waals surface area contributed by atoms with E-state index in [1.165, 1.54) is 6.07 Å². The normalized spacial score (nSPS) is 12.6. The maximum absolute atomic E-state index is 11.7. The van der Waals surface area contributed by atoms with Crippen LogP contribution in [0.5, 0.6) is 11.5 Å². The van der Waals surface area contributed by atoms with Crippen molar-refractivity contribution >= 4 is 5.69 Å². The number of benzene rings is 4. The highest BCUT2D eigenvalue weighted by Gasteiger charge is 2.22. The summed E-state index contributed by atoms with van der Waals surface area (Å²) in [5, 5.41) is 33.6. The topological polar surface area (TPSA) is 105 Å². The molecule has 0 fully saturated rings. The molecular weight excluding hydrogens is 508 g/mol. The molecule has 0 heterocycles. The van der Waals surface area contributed by atoms with E-state index in [4.69, 9.17) is 9.47 Å². The first-order chi connectivity index (χ1) is 19.5. The summed E-state index contributed by atoms with van der Waals surface area (Å²) in [5.74, 6) is 0.861. The highest BCUT2D eigenvalue weighted by atomic mass is 16.6. The van der Waals surface area contributed by atoms with Gasteiger partial charge < -0.3 is 19.7 Å². The molecule has 0 spiro atoms. The molecule has 2 N–H and O–H groups in total. The average molecular weight is 543 g/mol. The first-order valence-electron chi connectivity index (χ1n) is 13.2. The molecule has 1 unspecified atom stereocenters. The molecule has 0 saturated carbocycles. The second-order valence-electron chi connectivity index (χ2n) is 9.55. The van der Waals surface area contributed by atoms with Crippen LogP contribution in [0, 0.1) is 10.1 Å². The Kier molecular flexibility index (Phi) is 10.6. The van der Waals surface area contributed by atoms with E-state index < -0.39 is 17.3 Å². The lowest BCUT2D eigenvalue weighted by molar-refractivity contribution is -0.386. The molecule has 0 aliphatic carbocycles. The lowest BCUT2D eigenvalue weighted by Gasteiger charge is -2.30. The standard InChI is InChI=1S/C32H34N2O6/c35-28(24-39-29-14-8-3-9-15-29)22-33(21-26-10-4-1-5-11-26)32(36)19-17-25-16-18-31(30(20-25)34(37)38)40-23-27-12-6-2-7-13-27/h1-16,18,20,28,32,35-36H,17,19,21-24H2/t28?,32-/m0/s1. The van der Waals surface area contributed by atoms with Crippen LogP contribution in [0.15, 0.2) is 109 Å². The van der Waals surface area contributed by atoms with Gasteiger partial charge in [-0.25, -0.2) is 0 Å². The summed E-state index contributed by atoms with van der Waals surface area (Å²) in [7, 11) is 0. The zero-order valence-electron chi connectivity index (χ0n) is 22.2. The van der Waals surface area contributed by atoms with Gasteiger partial charge in [0.05, 0.1) is 4.92 Å². The zero-order valence-corrected chi connectivity index (χ0v) is 22.2. The summed E-state index contributed by atoms with van der Waals surface area (Å²) < 4.78 is 11.4. The Hall–Kier alpha value is -4.24. The van der Waals surface area contributed by atoms with Crippen LogP contribution in [-0.4, -0.2) is 45.5 Å². The van der Waals surface area contributed by atoms with Crippen LogP contribution < -0.4 is 9.47 Å². The average Bonchev–Trinajstić information content (AvgIpc) is 2.99. The third kappa shape index (κ3) is 8.91. The Bertz CT molecular complexity index is 1320. The summed E-state index contributed by atoms with van der Waals surface area (Å²) in [6.45, 7) is 0.926. The number of nitrogens with zero attached hydrogens (tertiary/aromatic N) is 2. The second-order valence-corrected chi connectivity index (χ2v) is 9.55. The fourth-order valence-corrected chi connectivity index (χ4v) is 4.34. The molecule has 0 bridgehead atoms. The molecule has 4 aromatic rings. The lowest BCUT2D eigenvalue weighted by Crippen LogP contribution is -2.42. The summed E-state index contributed by atoms with van der Waals surface area (Å²) in [5.41, 5.74) is 2.51. The Balaban J connectivity index is 1.38. The van der Waals surface area contributed by atoms with Gasteiger partial charge in [0.1, 0.15) is 31.3 Å². The molecule has 0 saturated heterocycles. The van der Waals surface area contributed by atoms with Crippen LogP contribution >= 0.6 is 0 Å². The van der Waals surface area contributed by atoms with Gasteiger partial charge >= 0.3 is 5.69 Å². The van der Waals surface area contributed by atoms with Gasteiger partial charge in [0.15, 0.2) is 5.75 Å². The molecule has 8 nitrogen and oxygen atoms in total. The van der Waals surface area contributed by atoms with Crippen molar-refractivity contribution < 1.29 is 24.6 Å². The molecule has 4 aromatic carbocycles. The van der Waals surface area contributed by atoms with Gasteiger partial charge in [-0.2, -0.15) is 0 Å². The summed E-state index contributed by atoms with van der Waals surface area (Å²) in [6.07, 6.45) is -0.996. The van der Waals surface area contributed by atoms with Gasteiger partial charge in [-0.1, -0.05) is 84.9 Å². The van der Waals surface area contributed by atoms with Gasteiger partial charge in [-0.3, -0.25) is 15.0 Å². The Morgan fingerprint density at radius 1 is 0.775 bits per heavy atom. The first-order valence-corrected chi connectivity index (χ1v) is 13.2. The van der Waals surface area contributed by atoms with Crippen molar-refractivity contribution in [1.82, 2.24) is 4.90 Å². The van der Waals surface area contributed by atoms with E-state index in [9.17, 15) is 20.3 Å². The summed E-state index contributed by atoms with van der Waals surface area (Å²) in [4.78, 5) is 13.1. The number of para-hydroxylation sites is 1. The third-order valence-electron chi connectivity index (χ3n) is 6.43. The number of nitro groups is 1. The van der Waals surface area contributed by atoms with Crippen molar-refractivity contribution in [2.75, 3.05) is 13.2 Å². The van der Waals surface area contributed by atoms with Crippen LogP contribution in [0.25, 0.3) is 0 Å². The highest BCUT2D eigenvalue weighted by molar-refractivity contribution is 5.49. The van der Waals surface area contributed by atoms with E-state index in [-0.39, 0.29) is 31.2 Å². The number of hydrogen-bond acceptors (Lipinski definition) is 7.